The molecule has 3 heterocycles. The number of hydrogen-bond donors (Lipinski definition) is 3. The fourth-order valence-electron chi connectivity index (χ4n) is 4.57. The van der Waals surface area contributed by atoms with E-state index in [0.29, 0.717) is 42.8 Å². The van der Waals surface area contributed by atoms with Gasteiger partial charge in [-0.25, -0.2) is 8.78 Å². The van der Waals surface area contributed by atoms with Crippen LogP contribution in [-0.4, -0.2) is 52.4 Å². The number of carbonyl (C=O) groups is 2. The van der Waals surface area contributed by atoms with Crippen molar-refractivity contribution in [2.24, 2.45) is 5.73 Å². The number of nitrogens with two attached hydrogens (primary N) is 1. The number of aliphatic hydroxyl groups is 1. The minimum absolute atomic E-state index is 0.00493. The number of piperazine rings is 1. The van der Waals surface area contributed by atoms with Crippen LogP contribution in [0.25, 0.3) is 0 Å². The molecule has 4 N–H and O–H groups in total. The molecule has 36 heavy (non-hydrogen) atoms. The largest absolute Gasteiger partial charge is 0.505 e. The van der Waals surface area contributed by atoms with Gasteiger partial charge in [0.15, 0.2) is 11.5 Å². The third kappa shape index (κ3) is 5.78. The Morgan fingerprint density at radius 1 is 1.25 bits per heavy atom. The van der Waals surface area contributed by atoms with Crippen molar-refractivity contribution in [2.45, 2.75) is 66.5 Å². The van der Waals surface area contributed by atoms with E-state index in [1.165, 1.54) is 6.07 Å². The molecule has 0 aliphatic carbocycles. The van der Waals surface area contributed by atoms with Crippen molar-refractivity contribution in [3.05, 3.63) is 69.8 Å². The lowest BCUT2D eigenvalue weighted by Crippen LogP contribution is -2.53. The van der Waals surface area contributed by atoms with E-state index in [9.17, 15) is 23.5 Å². The van der Waals surface area contributed by atoms with E-state index in [4.69, 9.17) is 5.73 Å². The first-order chi connectivity index (χ1) is 17.3. The van der Waals surface area contributed by atoms with Gasteiger partial charge in [0.25, 0.3) is 11.8 Å². The summed E-state index contributed by atoms with van der Waals surface area (Å²) in [7, 11) is 0. The van der Waals surface area contributed by atoms with Crippen LogP contribution in [-0.2, 0) is 16.1 Å². The SMILES string of the molecule is CC.CC/C=C1/C(O)=C2C(=O)N(CC)CC3CCC(=C1C(=O)NCc1ccc(F)cc1F)N23.CCN. The zero-order valence-corrected chi connectivity index (χ0v) is 21.8. The van der Waals surface area contributed by atoms with Gasteiger partial charge in [-0.2, -0.15) is 0 Å². The number of likely N-dealkylation sites (N-methyl/N-ethyl adjacent to an activating group) is 1. The summed E-state index contributed by atoms with van der Waals surface area (Å²) in [6.07, 6.45) is 3.64. The van der Waals surface area contributed by atoms with Gasteiger partial charge in [0, 0.05) is 42.5 Å². The Morgan fingerprint density at radius 2 is 1.92 bits per heavy atom. The van der Waals surface area contributed by atoms with Gasteiger partial charge in [-0.05, 0) is 38.8 Å². The molecule has 0 aromatic heterocycles. The summed E-state index contributed by atoms with van der Waals surface area (Å²) in [4.78, 5) is 29.7. The van der Waals surface area contributed by atoms with Crippen LogP contribution in [0.1, 0.15) is 59.4 Å². The zero-order chi connectivity index (χ0) is 27.0. The fourth-order valence-corrected chi connectivity index (χ4v) is 4.57. The summed E-state index contributed by atoms with van der Waals surface area (Å²) >= 11 is 0. The molecule has 1 unspecified atom stereocenters. The second kappa shape index (κ2) is 13.2. The molecule has 9 heteroatoms. The van der Waals surface area contributed by atoms with Crippen LogP contribution in [0.5, 0.6) is 0 Å². The molecule has 7 nitrogen and oxygen atoms in total. The maximum Gasteiger partial charge on any atom is 0.274 e. The number of carbonyl (C=O) groups excluding carboxylic acids is 2. The van der Waals surface area contributed by atoms with Crippen LogP contribution in [0.4, 0.5) is 8.78 Å². The molecular weight excluding hydrogens is 466 g/mol. The number of hydrogen-bond acceptors (Lipinski definition) is 5. The summed E-state index contributed by atoms with van der Waals surface area (Å²) in [5.41, 5.74) is 6.58. The molecule has 4 rings (SSSR count). The number of aliphatic hydroxyl groups excluding tert-OH is 1. The maximum absolute atomic E-state index is 14.0. The highest BCUT2D eigenvalue weighted by atomic mass is 19.1. The number of nitrogens with one attached hydrogen (secondary N) is 1. The Hall–Kier alpha value is -3.20. The second-order valence-corrected chi connectivity index (χ2v) is 8.28. The van der Waals surface area contributed by atoms with Crippen molar-refractivity contribution in [3.63, 3.8) is 0 Å². The molecule has 2 saturated heterocycles. The smallest absolute Gasteiger partial charge is 0.274 e. The summed E-state index contributed by atoms with van der Waals surface area (Å²) in [5.74, 6) is -2.33. The normalized spacial score (nSPS) is 19.5. The van der Waals surface area contributed by atoms with E-state index >= 15 is 0 Å². The Labute approximate surface area is 212 Å². The predicted molar refractivity (Wildman–Crippen MR) is 136 cm³/mol. The summed E-state index contributed by atoms with van der Waals surface area (Å²) in [5, 5.41) is 13.7. The first kappa shape index (κ1) is 29.0. The van der Waals surface area contributed by atoms with Crippen LogP contribution in [0.2, 0.25) is 0 Å². The number of benzene rings is 1. The van der Waals surface area contributed by atoms with Gasteiger partial charge in [0.1, 0.15) is 11.6 Å². The maximum atomic E-state index is 14.0. The molecular formula is C27H38F2N4O3. The average Bonchev–Trinajstić information content (AvgIpc) is 3.27. The van der Waals surface area contributed by atoms with E-state index in [0.717, 1.165) is 25.1 Å². The van der Waals surface area contributed by atoms with Gasteiger partial charge in [-0.15, -0.1) is 0 Å². The standard InChI is InChI=1S/C23H25F2N3O3.C2H7N.C2H6/c1-3-5-16-19(22(30)26-11-13-6-7-14(24)10-17(13)25)18-9-8-15-12-27(4-2)23(31)20(21(16)29)28(15)18;1-2-3;1-2/h5-7,10,15,29H,3-4,8-9,11-12H2,1-2H3,(H,26,30);2-3H2,1H3;1-2H3/b16-5+;;. The first-order valence-corrected chi connectivity index (χ1v) is 12.7. The lowest BCUT2D eigenvalue weighted by molar-refractivity contribution is -0.132. The van der Waals surface area contributed by atoms with Crippen molar-refractivity contribution in [3.8, 4) is 0 Å². The molecule has 0 saturated carbocycles. The Morgan fingerprint density at radius 3 is 2.50 bits per heavy atom. The van der Waals surface area contributed by atoms with Crippen LogP contribution in [0, 0.1) is 11.6 Å². The van der Waals surface area contributed by atoms with E-state index < -0.39 is 17.5 Å². The van der Waals surface area contributed by atoms with Gasteiger partial charge < -0.3 is 26.0 Å². The van der Waals surface area contributed by atoms with E-state index in [-0.39, 0.29) is 35.5 Å². The van der Waals surface area contributed by atoms with Crippen molar-refractivity contribution >= 4 is 11.8 Å². The summed E-state index contributed by atoms with van der Waals surface area (Å²) in [6, 6.07) is 3.20. The van der Waals surface area contributed by atoms with E-state index in [1.807, 2.05) is 39.5 Å². The number of halogens is 2. The van der Waals surface area contributed by atoms with Gasteiger partial charge >= 0.3 is 0 Å². The van der Waals surface area contributed by atoms with Crippen molar-refractivity contribution < 1.29 is 23.5 Å². The molecule has 2 fully saturated rings. The molecule has 198 valence electrons. The summed E-state index contributed by atoms with van der Waals surface area (Å²) in [6.45, 7) is 11.4. The van der Waals surface area contributed by atoms with Crippen LogP contribution >= 0.6 is 0 Å². The lowest BCUT2D eigenvalue weighted by Gasteiger charge is -2.42. The van der Waals surface area contributed by atoms with Gasteiger partial charge in [0.05, 0.1) is 11.6 Å². The molecule has 3 aliphatic rings. The molecule has 2 amide bonds. The molecule has 1 aromatic rings. The average molecular weight is 505 g/mol. The van der Waals surface area contributed by atoms with E-state index in [1.54, 1.807) is 11.0 Å². The van der Waals surface area contributed by atoms with Crippen LogP contribution < -0.4 is 11.1 Å². The third-order valence-electron chi connectivity index (χ3n) is 6.04. The predicted octanol–water partition coefficient (Wildman–Crippen LogP) is 4.27. The highest BCUT2D eigenvalue weighted by Gasteiger charge is 2.48. The second-order valence-electron chi connectivity index (χ2n) is 8.28. The monoisotopic (exact) mass is 504 g/mol. The minimum atomic E-state index is -0.738. The number of allylic oxidation sites excluding steroid dienone is 3. The van der Waals surface area contributed by atoms with Gasteiger partial charge in [0.2, 0.25) is 0 Å². The quantitative estimate of drug-likeness (QED) is 0.556. The number of nitrogens with zero attached hydrogens (tertiary/aromatic N) is 2. The van der Waals surface area contributed by atoms with Crippen LogP contribution in [0.3, 0.4) is 0 Å². The Balaban J connectivity index is 0.000000850. The van der Waals surface area contributed by atoms with Crippen molar-refractivity contribution in [1.82, 2.24) is 15.1 Å². The number of amides is 2. The summed E-state index contributed by atoms with van der Waals surface area (Å²) < 4.78 is 27.1. The molecule has 1 atom stereocenters. The third-order valence-corrected chi connectivity index (χ3v) is 6.04. The van der Waals surface area contributed by atoms with Crippen LogP contribution in [0.15, 0.2) is 52.6 Å². The minimum Gasteiger partial charge on any atom is -0.505 e. The molecule has 0 radical (unpaired) electrons. The fraction of sp³-hybridized carbons (Fsp3) is 0.481. The van der Waals surface area contributed by atoms with Gasteiger partial charge in [-0.1, -0.05) is 39.8 Å². The first-order valence-electron chi connectivity index (χ1n) is 12.7. The number of rotatable bonds is 5. The Kier molecular flexibility index (Phi) is 10.6. The zero-order valence-electron chi connectivity index (χ0n) is 21.8. The highest BCUT2D eigenvalue weighted by Crippen LogP contribution is 2.45. The lowest BCUT2D eigenvalue weighted by atomic mass is 9.92. The molecule has 1 aromatic carbocycles. The molecule has 0 bridgehead atoms. The molecule has 3 aliphatic heterocycles. The van der Waals surface area contributed by atoms with Crippen molar-refractivity contribution in [1.29, 1.82) is 0 Å². The van der Waals surface area contributed by atoms with Gasteiger partial charge in [-0.3, -0.25) is 9.59 Å². The van der Waals surface area contributed by atoms with Crippen molar-refractivity contribution in [2.75, 3.05) is 19.6 Å². The highest BCUT2D eigenvalue weighted by molar-refractivity contribution is 6.04. The Bertz CT molecular complexity index is 1070. The topological polar surface area (TPSA) is 98.9 Å². The molecule has 0 spiro atoms. The van der Waals surface area contributed by atoms with E-state index in [2.05, 4.69) is 5.32 Å².